The Hall–Kier alpha value is -3.09. The van der Waals surface area contributed by atoms with Crippen molar-refractivity contribution in [2.24, 2.45) is 0 Å². The van der Waals surface area contributed by atoms with E-state index >= 15 is 0 Å². The predicted molar refractivity (Wildman–Crippen MR) is 95.4 cm³/mol. The van der Waals surface area contributed by atoms with E-state index in [-0.39, 0.29) is 12.0 Å². The highest BCUT2D eigenvalue weighted by molar-refractivity contribution is 5.92. The zero-order valence-corrected chi connectivity index (χ0v) is 15.0. The molecule has 0 aliphatic heterocycles. The van der Waals surface area contributed by atoms with Gasteiger partial charge in [-0.2, -0.15) is 0 Å². The molecule has 2 rings (SSSR count). The van der Waals surface area contributed by atoms with Gasteiger partial charge >= 0.3 is 5.97 Å². The number of hydrogen-bond acceptors (Lipinski definition) is 5. The zero-order chi connectivity index (χ0) is 19.1. The van der Waals surface area contributed by atoms with Crippen LogP contribution in [-0.2, 0) is 11.3 Å². The third-order valence-corrected chi connectivity index (χ3v) is 3.35. The second-order valence-corrected chi connectivity index (χ2v) is 6.02. The maximum atomic E-state index is 12.5. The fourth-order valence-corrected chi connectivity index (χ4v) is 2.22. The summed E-state index contributed by atoms with van der Waals surface area (Å²) in [7, 11) is 1.69. The van der Waals surface area contributed by atoms with Gasteiger partial charge in [0.25, 0.3) is 5.91 Å². The Labute approximate surface area is 152 Å². The van der Waals surface area contributed by atoms with E-state index in [0.717, 1.165) is 5.56 Å². The van der Waals surface area contributed by atoms with Crippen LogP contribution in [-0.4, -0.2) is 46.6 Å². The van der Waals surface area contributed by atoms with E-state index in [0.29, 0.717) is 23.9 Å². The lowest BCUT2D eigenvalue weighted by molar-refractivity contribution is -0.139. The van der Waals surface area contributed by atoms with Gasteiger partial charge in [0.1, 0.15) is 11.4 Å². The monoisotopic (exact) mass is 358 g/mol. The largest absolute Gasteiger partial charge is 0.482 e. The van der Waals surface area contributed by atoms with Gasteiger partial charge in [-0.25, -0.2) is 9.78 Å². The SMILES string of the molecule is CC(C)Oc1cccc(C(=O)N(C)Cc2ccc(OCC(=O)O)cc2)n1. The second kappa shape index (κ2) is 8.84. The van der Waals surface area contributed by atoms with Gasteiger partial charge in [0.05, 0.1) is 6.10 Å². The smallest absolute Gasteiger partial charge is 0.341 e. The van der Waals surface area contributed by atoms with Crippen molar-refractivity contribution in [1.82, 2.24) is 9.88 Å². The fourth-order valence-electron chi connectivity index (χ4n) is 2.22. The minimum atomic E-state index is -1.03. The molecule has 0 unspecified atom stereocenters. The Morgan fingerprint density at radius 2 is 1.85 bits per heavy atom. The number of hydrogen-bond donors (Lipinski definition) is 1. The van der Waals surface area contributed by atoms with Crippen molar-refractivity contribution in [3.63, 3.8) is 0 Å². The van der Waals surface area contributed by atoms with Crippen molar-refractivity contribution in [1.29, 1.82) is 0 Å². The number of pyridine rings is 1. The minimum Gasteiger partial charge on any atom is -0.482 e. The number of carboxylic acids is 1. The van der Waals surface area contributed by atoms with Crippen molar-refractivity contribution < 1.29 is 24.2 Å². The van der Waals surface area contributed by atoms with Gasteiger partial charge < -0.3 is 19.5 Å². The molecule has 0 spiro atoms. The summed E-state index contributed by atoms with van der Waals surface area (Å²) in [6.45, 7) is 3.78. The molecule has 0 atom stereocenters. The summed E-state index contributed by atoms with van der Waals surface area (Å²) < 4.78 is 10.6. The highest BCUT2D eigenvalue weighted by Crippen LogP contribution is 2.15. The van der Waals surface area contributed by atoms with Crippen LogP contribution in [0.4, 0.5) is 0 Å². The van der Waals surface area contributed by atoms with E-state index in [1.165, 1.54) is 0 Å². The molecule has 26 heavy (non-hydrogen) atoms. The summed E-state index contributed by atoms with van der Waals surface area (Å²) >= 11 is 0. The number of benzene rings is 1. The van der Waals surface area contributed by atoms with E-state index in [2.05, 4.69) is 4.98 Å². The molecule has 0 radical (unpaired) electrons. The number of ether oxygens (including phenoxy) is 2. The molecule has 1 aromatic carbocycles. The minimum absolute atomic E-state index is 0.0209. The summed E-state index contributed by atoms with van der Waals surface area (Å²) in [6.07, 6.45) is -0.0209. The Morgan fingerprint density at radius 1 is 1.15 bits per heavy atom. The molecule has 0 aliphatic rings. The normalized spacial score (nSPS) is 10.5. The summed E-state index contributed by atoms with van der Waals surface area (Å²) in [6, 6.07) is 12.0. The number of rotatable bonds is 8. The molecule has 1 amide bonds. The van der Waals surface area contributed by atoms with E-state index in [4.69, 9.17) is 14.6 Å². The molecule has 2 aromatic rings. The fraction of sp³-hybridized carbons (Fsp3) is 0.316. The third-order valence-electron chi connectivity index (χ3n) is 3.35. The van der Waals surface area contributed by atoms with Crippen molar-refractivity contribution in [2.45, 2.75) is 26.5 Å². The number of aliphatic carboxylic acids is 1. The molecule has 0 fully saturated rings. The first-order chi connectivity index (χ1) is 12.3. The molecule has 0 aliphatic carbocycles. The summed E-state index contributed by atoms with van der Waals surface area (Å²) in [5.41, 5.74) is 1.20. The first-order valence-electron chi connectivity index (χ1n) is 8.18. The second-order valence-electron chi connectivity index (χ2n) is 6.02. The van der Waals surface area contributed by atoms with E-state index in [1.54, 1.807) is 54.4 Å². The standard InChI is InChI=1S/C19H22N2O5/c1-13(2)26-17-6-4-5-16(20-17)19(24)21(3)11-14-7-9-15(10-8-14)25-12-18(22)23/h4-10,13H,11-12H2,1-3H3,(H,22,23). The lowest BCUT2D eigenvalue weighted by Gasteiger charge is -2.17. The van der Waals surface area contributed by atoms with Gasteiger partial charge in [0.2, 0.25) is 5.88 Å². The quantitative estimate of drug-likeness (QED) is 0.780. The Balaban J connectivity index is 1.99. The average Bonchev–Trinajstić information content (AvgIpc) is 2.60. The maximum absolute atomic E-state index is 12.5. The predicted octanol–water partition coefficient (Wildman–Crippen LogP) is 2.60. The van der Waals surface area contributed by atoms with E-state index in [9.17, 15) is 9.59 Å². The van der Waals surface area contributed by atoms with Crippen LogP contribution in [0.15, 0.2) is 42.5 Å². The highest BCUT2D eigenvalue weighted by Gasteiger charge is 2.15. The summed E-state index contributed by atoms with van der Waals surface area (Å²) in [5, 5.41) is 8.60. The lowest BCUT2D eigenvalue weighted by atomic mass is 10.2. The molecule has 1 N–H and O–H groups in total. The Morgan fingerprint density at radius 3 is 2.46 bits per heavy atom. The van der Waals surface area contributed by atoms with Crippen molar-refractivity contribution >= 4 is 11.9 Å². The number of aromatic nitrogens is 1. The van der Waals surface area contributed by atoms with Gasteiger partial charge in [0, 0.05) is 19.7 Å². The number of carbonyl (C=O) groups is 2. The topological polar surface area (TPSA) is 89.0 Å². The van der Waals surface area contributed by atoms with Crippen LogP contribution >= 0.6 is 0 Å². The molecule has 0 bridgehead atoms. The van der Waals surface area contributed by atoms with Crippen molar-refractivity contribution in [2.75, 3.05) is 13.7 Å². The molecule has 1 heterocycles. The van der Waals surface area contributed by atoms with Crippen molar-refractivity contribution in [3.8, 4) is 11.6 Å². The Bertz CT molecular complexity index is 759. The van der Waals surface area contributed by atoms with Crippen LogP contribution in [0, 0.1) is 0 Å². The maximum Gasteiger partial charge on any atom is 0.341 e. The first-order valence-corrected chi connectivity index (χ1v) is 8.18. The van der Waals surface area contributed by atoms with Crippen LogP contribution in [0.25, 0.3) is 0 Å². The zero-order valence-electron chi connectivity index (χ0n) is 15.0. The highest BCUT2D eigenvalue weighted by atomic mass is 16.5. The number of carboxylic acid groups (broad SMARTS) is 1. The van der Waals surface area contributed by atoms with Crippen LogP contribution in [0.1, 0.15) is 29.9 Å². The van der Waals surface area contributed by atoms with E-state index in [1.807, 2.05) is 13.8 Å². The molecule has 1 aromatic heterocycles. The molecular weight excluding hydrogens is 336 g/mol. The third kappa shape index (κ3) is 5.77. The number of nitrogens with zero attached hydrogens (tertiary/aromatic N) is 2. The summed E-state index contributed by atoms with van der Waals surface area (Å²) in [4.78, 5) is 28.8. The van der Waals surface area contributed by atoms with Crippen molar-refractivity contribution in [3.05, 3.63) is 53.7 Å². The molecule has 0 saturated carbocycles. The van der Waals surface area contributed by atoms with Crippen LogP contribution in [0.2, 0.25) is 0 Å². The van der Waals surface area contributed by atoms with Crippen LogP contribution in [0.5, 0.6) is 11.6 Å². The summed E-state index contributed by atoms with van der Waals surface area (Å²) in [5.74, 6) is -0.370. The van der Waals surface area contributed by atoms with E-state index < -0.39 is 12.6 Å². The molecular formula is C19H22N2O5. The van der Waals surface area contributed by atoms with Gasteiger partial charge in [0.15, 0.2) is 6.61 Å². The molecule has 7 heteroatoms. The van der Waals surface area contributed by atoms with Crippen LogP contribution < -0.4 is 9.47 Å². The number of amides is 1. The van der Waals surface area contributed by atoms with Gasteiger partial charge in [-0.05, 0) is 37.6 Å². The Kier molecular flexibility index (Phi) is 6.54. The average molecular weight is 358 g/mol. The van der Waals surface area contributed by atoms with Gasteiger partial charge in [-0.1, -0.05) is 18.2 Å². The van der Waals surface area contributed by atoms with Crippen LogP contribution in [0.3, 0.4) is 0 Å². The molecule has 138 valence electrons. The van der Waals surface area contributed by atoms with Gasteiger partial charge in [-0.15, -0.1) is 0 Å². The number of carbonyl (C=O) groups excluding carboxylic acids is 1. The first kappa shape index (κ1) is 19.2. The van der Waals surface area contributed by atoms with Gasteiger partial charge in [-0.3, -0.25) is 4.79 Å². The molecule has 7 nitrogen and oxygen atoms in total. The molecule has 0 saturated heterocycles. The lowest BCUT2D eigenvalue weighted by Crippen LogP contribution is -2.27.